The Kier molecular flexibility index (Phi) is 7.34. The molecule has 1 amide bonds. The number of carbonyl (C=O) groups is 1. The topological polar surface area (TPSA) is 83.5 Å². The third kappa shape index (κ3) is 4.40. The summed E-state index contributed by atoms with van der Waals surface area (Å²) in [5.74, 6) is -1.10. The Morgan fingerprint density at radius 1 is 1.53 bits per heavy atom. The minimum absolute atomic E-state index is 0. The Morgan fingerprint density at radius 3 is 2.13 bits per heavy atom. The first kappa shape index (κ1) is 17.8. The van der Waals surface area contributed by atoms with Gasteiger partial charge in [-0.05, 0) is 18.9 Å². The van der Waals surface area contributed by atoms with Crippen molar-refractivity contribution in [3.05, 3.63) is 12.7 Å². The molecule has 0 spiro atoms. The van der Waals surface area contributed by atoms with Crippen molar-refractivity contribution >= 4 is 53.8 Å². The van der Waals surface area contributed by atoms with Crippen molar-refractivity contribution < 1.29 is 17.8 Å². The molecular formula is C8H17CaNO4S. The fraction of sp³-hybridized carbons (Fsp3) is 0.625. The van der Waals surface area contributed by atoms with Gasteiger partial charge in [-0.25, -0.2) is 0 Å². The normalized spacial score (nSPS) is 15.0. The number of nitrogens with one attached hydrogen (secondary N) is 1. The Balaban J connectivity index is 0. The standard InChI is InChI=1S/C8H15NO4S.Ca.2H/c1-5-7(10)9-8(4,6(2)3)14(11,12)13;;;/h5-6H,1H2,2-4H3,(H,9,10)(H,11,12,13);;;. The fourth-order valence-corrected chi connectivity index (χ4v) is 1.63. The molecule has 0 aromatic carbocycles. The monoisotopic (exact) mass is 263 g/mol. The van der Waals surface area contributed by atoms with Crippen molar-refractivity contribution in [1.29, 1.82) is 0 Å². The molecule has 0 aliphatic rings. The van der Waals surface area contributed by atoms with Crippen LogP contribution in [0.5, 0.6) is 0 Å². The van der Waals surface area contributed by atoms with Gasteiger partial charge in [0.15, 0.2) is 4.87 Å². The summed E-state index contributed by atoms with van der Waals surface area (Å²) in [5, 5.41) is 2.19. The Bertz CT molecular complexity index is 339. The van der Waals surface area contributed by atoms with E-state index in [0.717, 1.165) is 6.08 Å². The molecule has 2 N–H and O–H groups in total. The van der Waals surface area contributed by atoms with Crippen LogP contribution in [0.2, 0.25) is 0 Å². The van der Waals surface area contributed by atoms with Crippen molar-refractivity contribution in [3.8, 4) is 0 Å². The second-order valence-corrected chi connectivity index (χ2v) is 5.23. The average Bonchev–Trinajstić information content (AvgIpc) is 2.01. The molecule has 0 aliphatic heterocycles. The first-order chi connectivity index (χ1) is 6.15. The van der Waals surface area contributed by atoms with Gasteiger partial charge in [-0.15, -0.1) is 0 Å². The molecule has 0 rings (SSSR count). The summed E-state index contributed by atoms with van der Waals surface area (Å²) >= 11 is 0. The second-order valence-electron chi connectivity index (χ2n) is 3.43. The zero-order chi connectivity index (χ0) is 11.6. The van der Waals surface area contributed by atoms with Crippen LogP contribution in [0, 0.1) is 5.92 Å². The van der Waals surface area contributed by atoms with Crippen LogP contribution in [0.4, 0.5) is 0 Å². The van der Waals surface area contributed by atoms with Crippen LogP contribution in [0.25, 0.3) is 0 Å². The van der Waals surface area contributed by atoms with E-state index in [1.165, 1.54) is 6.92 Å². The van der Waals surface area contributed by atoms with E-state index in [4.69, 9.17) is 4.55 Å². The molecule has 0 aromatic heterocycles. The van der Waals surface area contributed by atoms with E-state index >= 15 is 0 Å². The predicted octanol–water partition coefficient (Wildman–Crippen LogP) is -0.368. The predicted molar refractivity (Wildman–Crippen MR) is 61.7 cm³/mol. The summed E-state index contributed by atoms with van der Waals surface area (Å²) in [6, 6.07) is 0. The van der Waals surface area contributed by atoms with Gasteiger partial charge >= 0.3 is 37.7 Å². The molecule has 0 aromatic rings. The van der Waals surface area contributed by atoms with Crippen molar-refractivity contribution in [3.63, 3.8) is 0 Å². The van der Waals surface area contributed by atoms with Gasteiger partial charge in [-0.2, -0.15) is 8.42 Å². The molecule has 0 radical (unpaired) electrons. The summed E-state index contributed by atoms with van der Waals surface area (Å²) in [4.78, 5) is 9.29. The molecule has 0 saturated carbocycles. The second kappa shape index (κ2) is 6.20. The van der Waals surface area contributed by atoms with Gasteiger partial charge in [0.1, 0.15) is 0 Å². The molecule has 0 heterocycles. The third-order valence-corrected chi connectivity index (χ3v) is 3.84. The number of carbonyl (C=O) groups excluding carboxylic acids is 1. The van der Waals surface area contributed by atoms with Crippen LogP contribution in [-0.4, -0.2) is 61.5 Å². The average molecular weight is 263 g/mol. The summed E-state index contributed by atoms with van der Waals surface area (Å²) in [6.07, 6.45) is 0.950. The minimum atomic E-state index is -4.35. The zero-order valence-corrected chi connectivity index (χ0v) is 9.26. The summed E-state index contributed by atoms with van der Waals surface area (Å²) in [7, 11) is -4.35. The number of amides is 1. The van der Waals surface area contributed by atoms with E-state index in [9.17, 15) is 13.2 Å². The third-order valence-electron chi connectivity index (χ3n) is 2.19. The molecule has 15 heavy (non-hydrogen) atoms. The van der Waals surface area contributed by atoms with Gasteiger partial charge in [-0.1, -0.05) is 20.4 Å². The van der Waals surface area contributed by atoms with Crippen LogP contribution in [0.15, 0.2) is 12.7 Å². The number of rotatable bonds is 4. The molecule has 1 atom stereocenters. The van der Waals surface area contributed by atoms with E-state index in [2.05, 4.69) is 11.9 Å². The van der Waals surface area contributed by atoms with Gasteiger partial charge in [0, 0.05) is 0 Å². The molecule has 1 unspecified atom stereocenters. The Labute approximate surface area is 120 Å². The Morgan fingerprint density at radius 2 is 1.93 bits per heavy atom. The SMILES string of the molecule is C=CC(=O)NC(C)(C(C)C)S(=O)(=O)O.[CaH2]. The van der Waals surface area contributed by atoms with Gasteiger partial charge < -0.3 is 5.32 Å². The van der Waals surface area contributed by atoms with Crippen LogP contribution in [-0.2, 0) is 14.9 Å². The molecule has 7 heteroatoms. The molecule has 5 nitrogen and oxygen atoms in total. The van der Waals surface area contributed by atoms with E-state index in [0.29, 0.717) is 0 Å². The first-order valence-corrected chi connectivity index (χ1v) is 5.50. The fourth-order valence-electron chi connectivity index (χ4n) is 0.802. The molecule has 0 fully saturated rings. The van der Waals surface area contributed by atoms with Crippen LogP contribution in [0.3, 0.4) is 0 Å². The van der Waals surface area contributed by atoms with Crippen LogP contribution in [0.1, 0.15) is 20.8 Å². The number of hydrogen-bond donors (Lipinski definition) is 2. The molecule has 0 saturated heterocycles. The van der Waals surface area contributed by atoms with E-state index in [-0.39, 0.29) is 37.7 Å². The molecule has 0 bridgehead atoms. The quantitative estimate of drug-likeness (QED) is 0.412. The molecule has 0 aliphatic carbocycles. The Hall–Kier alpha value is 0.380. The summed E-state index contributed by atoms with van der Waals surface area (Å²) in [6.45, 7) is 7.60. The van der Waals surface area contributed by atoms with Crippen LogP contribution >= 0.6 is 0 Å². The van der Waals surface area contributed by atoms with Crippen molar-refractivity contribution in [2.24, 2.45) is 5.92 Å². The van der Waals surface area contributed by atoms with E-state index in [1.54, 1.807) is 13.8 Å². The maximum atomic E-state index is 11.1. The van der Waals surface area contributed by atoms with Gasteiger partial charge in [0.05, 0.1) is 0 Å². The van der Waals surface area contributed by atoms with E-state index in [1.807, 2.05) is 0 Å². The van der Waals surface area contributed by atoms with Crippen molar-refractivity contribution in [2.75, 3.05) is 0 Å². The number of hydrogen-bond acceptors (Lipinski definition) is 3. The first-order valence-electron chi connectivity index (χ1n) is 4.06. The molecular weight excluding hydrogens is 246 g/mol. The summed E-state index contributed by atoms with van der Waals surface area (Å²) in [5.41, 5.74) is 0. The van der Waals surface area contributed by atoms with Gasteiger partial charge in [0.2, 0.25) is 5.91 Å². The van der Waals surface area contributed by atoms with Crippen molar-refractivity contribution in [2.45, 2.75) is 25.6 Å². The van der Waals surface area contributed by atoms with Crippen molar-refractivity contribution in [1.82, 2.24) is 5.32 Å². The maximum absolute atomic E-state index is 11.1. The van der Waals surface area contributed by atoms with Gasteiger partial charge in [-0.3, -0.25) is 9.35 Å². The molecule has 86 valence electrons. The van der Waals surface area contributed by atoms with E-state index < -0.39 is 26.8 Å². The zero-order valence-electron chi connectivity index (χ0n) is 8.44. The summed E-state index contributed by atoms with van der Waals surface area (Å²) < 4.78 is 31.1. The van der Waals surface area contributed by atoms with Crippen LogP contribution < -0.4 is 5.32 Å². The van der Waals surface area contributed by atoms with Gasteiger partial charge in [0.25, 0.3) is 10.1 Å².